The van der Waals surface area contributed by atoms with Crippen molar-refractivity contribution in [2.45, 2.75) is 10.3 Å². The third-order valence-corrected chi connectivity index (χ3v) is 4.51. The van der Waals surface area contributed by atoms with E-state index in [-0.39, 0.29) is 5.56 Å². The van der Waals surface area contributed by atoms with Gasteiger partial charge in [0.2, 0.25) is 0 Å². The fraction of sp³-hybridized carbons (Fsp3) is 0.167. The highest BCUT2D eigenvalue weighted by Crippen LogP contribution is 2.35. The molecule has 1 aliphatic carbocycles. The van der Waals surface area contributed by atoms with E-state index in [9.17, 15) is 9.59 Å². The van der Waals surface area contributed by atoms with E-state index in [4.69, 9.17) is 11.5 Å². The lowest BCUT2D eigenvalue weighted by atomic mass is 10.1. The van der Waals surface area contributed by atoms with Gasteiger partial charge in [0.15, 0.2) is 0 Å². The molecule has 0 aromatic carbocycles. The molecule has 0 aliphatic heterocycles. The van der Waals surface area contributed by atoms with Crippen LogP contribution < -0.4 is 16.8 Å². The molecule has 1 heterocycles. The highest BCUT2D eigenvalue weighted by Gasteiger charge is 2.17. The molecule has 5 nitrogen and oxygen atoms in total. The van der Waals surface area contributed by atoms with Crippen molar-refractivity contribution in [1.29, 1.82) is 0 Å². The second kappa shape index (κ2) is 5.74. The van der Waals surface area contributed by atoms with Crippen molar-refractivity contribution in [3.8, 4) is 0 Å². The first kappa shape index (κ1) is 14.1. The average molecular weight is 389 g/mol. The van der Waals surface area contributed by atoms with Crippen molar-refractivity contribution < 1.29 is 9.59 Å². The highest BCUT2D eigenvalue weighted by atomic mass is 127. The van der Waals surface area contributed by atoms with Crippen LogP contribution >= 0.6 is 33.9 Å². The summed E-state index contributed by atoms with van der Waals surface area (Å²) in [6.45, 7) is 0. The largest absolute Gasteiger partial charge is 0.366 e. The van der Waals surface area contributed by atoms with Crippen LogP contribution in [0.3, 0.4) is 0 Å². The smallest absolute Gasteiger partial charge is 0.317 e. The van der Waals surface area contributed by atoms with Gasteiger partial charge in [-0.2, -0.15) is 0 Å². The minimum absolute atomic E-state index is 0.281. The maximum Gasteiger partial charge on any atom is 0.317 e. The Labute approximate surface area is 127 Å². The minimum Gasteiger partial charge on any atom is -0.366 e. The molecule has 1 atom stereocenters. The summed E-state index contributed by atoms with van der Waals surface area (Å²) < 4.78 is 0.421. The maximum absolute atomic E-state index is 11.4. The van der Waals surface area contributed by atoms with Crippen molar-refractivity contribution in [3.05, 3.63) is 34.7 Å². The number of halogens is 1. The van der Waals surface area contributed by atoms with Crippen LogP contribution in [-0.2, 0) is 0 Å². The number of carbonyl (C=O) groups excluding carboxylic acids is 2. The van der Waals surface area contributed by atoms with E-state index in [1.54, 1.807) is 6.07 Å². The molecule has 0 bridgehead atoms. The van der Waals surface area contributed by atoms with Gasteiger partial charge in [-0.15, -0.1) is 11.3 Å². The van der Waals surface area contributed by atoms with Crippen molar-refractivity contribution >= 4 is 56.4 Å². The highest BCUT2D eigenvalue weighted by molar-refractivity contribution is 14.1. The van der Waals surface area contributed by atoms with Crippen molar-refractivity contribution in [3.63, 3.8) is 0 Å². The Kier molecular flexibility index (Phi) is 4.25. The Morgan fingerprint density at radius 3 is 2.74 bits per heavy atom. The summed E-state index contributed by atoms with van der Waals surface area (Å²) in [5.41, 5.74) is 11.7. The predicted molar refractivity (Wildman–Crippen MR) is 85.6 cm³/mol. The van der Waals surface area contributed by atoms with E-state index >= 15 is 0 Å². The molecule has 1 aliphatic rings. The lowest BCUT2D eigenvalue weighted by Crippen LogP contribution is -2.21. The summed E-state index contributed by atoms with van der Waals surface area (Å²) >= 11 is 3.63. The van der Waals surface area contributed by atoms with Gasteiger partial charge >= 0.3 is 6.03 Å². The topological polar surface area (TPSA) is 98.2 Å². The number of hydrogen-bond donors (Lipinski definition) is 3. The molecule has 7 heteroatoms. The fourth-order valence-corrected chi connectivity index (χ4v) is 3.48. The number of anilines is 1. The van der Waals surface area contributed by atoms with Crippen LogP contribution in [0.25, 0.3) is 5.57 Å². The molecule has 3 amide bonds. The molecule has 0 saturated carbocycles. The van der Waals surface area contributed by atoms with Gasteiger partial charge in [-0.3, -0.25) is 10.1 Å². The van der Waals surface area contributed by atoms with Gasteiger partial charge in [0.05, 0.1) is 5.56 Å². The lowest BCUT2D eigenvalue weighted by molar-refractivity contribution is 0.100. The Morgan fingerprint density at radius 2 is 2.16 bits per heavy atom. The van der Waals surface area contributed by atoms with E-state index in [0.29, 0.717) is 8.93 Å². The van der Waals surface area contributed by atoms with Crippen LogP contribution in [0.15, 0.2) is 24.3 Å². The molecule has 19 heavy (non-hydrogen) atoms. The van der Waals surface area contributed by atoms with Crippen molar-refractivity contribution in [1.82, 2.24) is 0 Å². The molecule has 100 valence electrons. The number of urea groups is 1. The van der Waals surface area contributed by atoms with Crippen LogP contribution in [0.5, 0.6) is 0 Å². The number of thiophene rings is 1. The molecule has 0 radical (unpaired) electrons. The second-order valence-corrected chi connectivity index (χ2v) is 6.64. The van der Waals surface area contributed by atoms with Gasteiger partial charge < -0.3 is 11.5 Å². The Morgan fingerprint density at radius 1 is 1.42 bits per heavy atom. The van der Waals surface area contributed by atoms with Crippen LogP contribution in [0, 0.1) is 0 Å². The molecular formula is C12H12IN3O2S. The van der Waals surface area contributed by atoms with E-state index in [1.807, 2.05) is 6.08 Å². The minimum atomic E-state index is -0.712. The summed E-state index contributed by atoms with van der Waals surface area (Å²) in [5, 5.41) is 2.82. The molecule has 2 rings (SSSR count). The second-order valence-electron chi connectivity index (χ2n) is 3.98. The maximum atomic E-state index is 11.4. The van der Waals surface area contributed by atoms with E-state index in [0.717, 1.165) is 16.9 Å². The number of nitrogens with two attached hydrogens (primary N) is 2. The van der Waals surface area contributed by atoms with Crippen LogP contribution in [-0.4, -0.2) is 15.9 Å². The third-order valence-electron chi connectivity index (χ3n) is 2.54. The zero-order valence-corrected chi connectivity index (χ0v) is 12.8. The number of nitrogens with one attached hydrogen (secondary N) is 1. The van der Waals surface area contributed by atoms with Gasteiger partial charge in [0.25, 0.3) is 5.91 Å². The standard InChI is InChI=1S/C12H12IN3O2S/c13-7-3-1-2-6(4-7)9-5-8(10(14)17)11(19-9)16-12(15)18/h1-2,4-5,7H,3H2,(H2,14,17)(H3,15,16,18). The molecule has 1 aromatic heterocycles. The van der Waals surface area contributed by atoms with Crippen LogP contribution in [0.2, 0.25) is 0 Å². The lowest BCUT2D eigenvalue weighted by Gasteiger charge is -2.09. The van der Waals surface area contributed by atoms with E-state index < -0.39 is 11.9 Å². The SMILES string of the molecule is NC(=O)Nc1sc(C2=CC(I)CC=C2)cc1C(N)=O. The molecule has 1 unspecified atom stereocenters. The summed E-state index contributed by atoms with van der Waals surface area (Å²) in [7, 11) is 0. The van der Waals surface area contributed by atoms with Crippen LogP contribution in [0.1, 0.15) is 21.7 Å². The Balaban J connectivity index is 2.40. The van der Waals surface area contributed by atoms with Gasteiger partial charge in [-0.1, -0.05) is 40.8 Å². The molecular weight excluding hydrogens is 377 g/mol. The van der Waals surface area contributed by atoms with Crippen LogP contribution in [0.4, 0.5) is 9.80 Å². The third kappa shape index (κ3) is 3.35. The number of rotatable bonds is 3. The molecule has 1 aromatic rings. The number of amides is 3. The molecule has 0 spiro atoms. The summed E-state index contributed by atoms with van der Waals surface area (Å²) in [4.78, 5) is 23.2. The fourth-order valence-electron chi connectivity index (χ4n) is 1.73. The number of primary amides is 2. The summed E-state index contributed by atoms with van der Waals surface area (Å²) in [6.07, 6.45) is 7.19. The van der Waals surface area contributed by atoms with Gasteiger partial charge in [0.1, 0.15) is 5.00 Å². The number of hydrogen-bond acceptors (Lipinski definition) is 3. The monoisotopic (exact) mass is 389 g/mol. The molecule has 5 N–H and O–H groups in total. The number of alkyl halides is 1. The van der Waals surface area contributed by atoms with E-state index in [2.05, 4.69) is 40.1 Å². The number of allylic oxidation sites excluding steroid dienone is 4. The van der Waals surface area contributed by atoms with Gasteiger partial charge in [-0.05, 0) is 18.1 Å². The quantitative estimate of drug-likeness (QED) is 0.547. The first-order valence-electron chi connectivity index (χ1n) is 5.50. The Hall–Kier alpha value is -1.35. The summed E-state index contributed by atoms with van der Waals surface area (Å²) in [6, 6.07) is 0.971. The zero-order valence-electron chi connectivity index (χ0n) is 9.85. The van der Waals surface area contributed by atoms with Crippen molar-refractivity contribution in [2.24, 2.45) is 11.5 Å². The Bertz CT molecular complexity index is 592. The summed E-state index contributed by atoms with van der Waals surface area (Å²) in [5.74, 6) is -0.585. The van der Waals surface area contributed by atoms with Gasteiger partial charge in [-0.25, -0.2) is 4.79 Å². The first-order valence-corrected chi connectivity index (χ1v) is 7.56. The first-order chi connectivity index (χ1) is 8.97. The van der Waals surface area contributed by atoms with Gasteiger partial charge in [0, 0.05) is 8.80 Å². The average Bonchev–Trinajstić information content (AvgIpc) is 2.72. The number of carbonyl (C=O) groups is 2. The zero-order chi connectivity index (χ0) is 14.0. The normalized spacial score (nSPS) is 17.9. The molecule has 0 saturated heterocycles. The van der Waals surface area contributed by atoms with Crippen molar-refractivity contribution in [2.75, 3.05) is 5.32 Å². The predicted octanol–water partition coefficient (Wildman–Crippen LogP) is 2.48. The molecule has 0 fully saturated rings. The van der Waals surface area contributed by atoms with E-state index in [1.165, 1.54) is 11.3 Å².